The zero-order chi connectivity index (χ0) is 23.0. The Labute approximate surface area is 189 Å². The van der Waals surface area contributed by atoms with Crippen LogP contribution < -0.4 is 4.74 Å². The van der Waals surface area contributed by atoms with Crippen molar-refractivity contribution in [2.45, 2.75) is 24.3 Å². The van der Waals surface area contributed by atoms with Crippen LogP contribution in [0.4, 0.5) is 0 Å². The van der Waals surface area contributed by atoms with E-state index in [9.17, 15) is 13.2 Å². The van der Waals surface area contributed by atoms with Crippen LogP contribution in [0, 0.1) is 0 Å². The van der Waals surface area contributed by atoms with Gasteiger partial charge in [0, 0.05) is 17.8 Å². The molecule has 1 N–H and O–H groups in total. The topological polar surface area (TPSA) is 124 Å². The number of cyclic esters (lactones) is 1. The maximum absolute atomic E-state index is 12.3. The Morgan fingerprint density at radius 3 is 2.73 bits per heavy atom. The Morgan fingerprint density at radius 2 is 2.06 bits per heavy atom. The van der Waals surface area contributed by atoms with Gasteiger partial charge in [0.25, 0.3) is 0 Å². The van der Waals surface area contributed by atoms with E-state index in [2.05, 4.69) is 19.9 Å². The van der Waals surface area contributed by atoms with Crippen molar-refractivity contribution in [1.29, 1.82) is 0 Å². The Hall–Kier alpha value is -3.79. The molecule has 0 saturated carbocycles. The van der Waals surface area contributed by atoms with E-state index in [-0.39, 0.29) is 16.7 Å². The van der Waals surface area contributed by atoms with Gasteiger partial charge >= 0.3 is 5.97 Å². The lowest BCUT2D eigenvalue weighted by Crippen LogP contribution is -2.08. The van der Waals surface area contributed by atoms with E-state index in [1.54, 1.807) is 25.3 Å². The van der Waals surface area contributed by atoms with Gasteiger partial charge in [0.05, 0.1) is 35.5 Å². The first kappa shape index (κ1) is 21.1. The number of nitrogens with zero attached hydrogens (tertiary/aromatic N) is 3. The summed E-state index contributed by atoms with van der Waals surface area (Å²) in [7, 11) is -3.42. The molecule has 1 unspecified atom stereocenters. The number of H-pyrrole nitrogens is 1. The minimum Gasteiger partial charge on any atom is -0.465 e. The molecule has 1 fully saturated rings. The number of rotatable bonds is 6. The predicted octanol–water partition coefficient (Wildman–Crippen LogP) is 3.64. The second kappa shape index (κ2) is 8.28. The van der Waals surface area contributed by atoms with Crippen LogP contribution in [0.5, 0.6) is 11.5 Å². The van der Waals surface area contributed by atoms with Crippen molar-refractivity contribution < 1.29 is 22.7 Å². The quantitative estimate of drug-likeness (QED) is 0.429. The number of esters is 1. The summed E-state index contributed by atoms with van der Waals surface area (Å²) in [6, 6.07) is 12.1. The zero-order valence-electron chi connectivity index (χ0n) is 17.7. The van der Waals surface area contributed by atoms with Gasteiger partial charge in [-0.15, -0.1) is 0 Å². The van der Waals surface area contributed by atoms with E-state index in [1.807, 2.05) is 24.3 Å². The Bertz CT molecular complexity index is 1430. The lowest BCUT2D eigenvalue weighted by molar-refractivity contribution is -0.139. The number of imidazole rings is 1. The van der Waals surface area contributed by atoms with E-state index in [4.69, 9.17) is 9.47 Å². The van der Waals surface area contributed by atoms with Gasteiger partial charge in [-0.05, 0) is 36.8 Å². The summed E-state index contributed by atoms with van der Waals surface area (Å²) in [4.78, 5) is 28.6. The summed E-state index contributed by atoms with van der Waals surface area (Å²) in [6.07, 6.45) is 3.58. The van der Waals surface area contributed by atoms with Crippen LogP contribution in [-0.2, 0) is 19.4 Å². The lowest BCUT2D eigenvalue weighted by atomic mass is 9.96. The summed E-state index contributed by atoms with van der Waals surface area (Å²) in [5.41, 5.74) is 2.71. The smallest absolute Gasteiger partial charge is 0.313 e. The normalized spacial score (nSPS) is 16.2. The van der Waals surface area contributed by atoms with Gasteiger partial charge in [0.1, 0.15) is 17.2 Å². The highest BCUT2D eigenvalue weighted by atomic mass is 32.2. The highest BCUT2D eigenvalue weighted by Crippen LogP contribution is 2.38. The number of nitrogens with one attached hydrogen (secondary N) is 1. The van der Waals surface area contributed by atoms with Gasteiger partial charge in [0.2, 0.25) is 0 Å². The minimum absolute atomic E-state index is 0.0130. The van der Waals surface area contributed by atoms with Gasteiger partial charge in [-0.3, -0.25) is 9.78 Å². The van der Waals surface area contributed by atoms with E-state index in [0.29, 0.717) is 52.6 Å². The zero-order valence-corrected chi connectivity index (χ0v) is 18.5. The molecule has 4 heterocycles. The summed E-state index contributed by atoms with van der Waals surface area (Å²) in [5, 5.41) is -0.0130. The van der Waals surface area contributed by atoms with Crippen molar-refractivity contribution in [3.05, 3.63) is 60.4 Å². The number of aromatic amines is 1. The van der Waals surface area contributed by atoms with Crippen LogP contribution >= 0.6 is 0 Å². The maximum atomic E-state index is 12.3. The molecule has 0 radical (unpaired) electrons. The number of hydrogen-bond acceptors (Lipinski definition) is 8. The van der Waals surface area contributed by atoms with Crippen LogP contribution in [0.15, 0.2) is 59.9 Å². The Balaban J connectivity index is 1.56. The van der Waals surface area contributed by atoms with Crippen molar-refractivity contribution in [2.24, 2.45) is 0 Å². The summed E-state index contributed by atoms with van der Waals surface area (Å²) < 4.78 is 35.3. The van der Waals surface area contributed by atoms with Gasteiger partial charge in [0.15, 0.2) is 20.7 Å². The van der Waals surface area contributed by atoms with Crippen molar-refractivity contribution in [2.75, 3.05) is 12.4 Å². The number of benzene rings is 1. The van der Waals surface area contributed by atoms with E-state index in [1.165, 1.54) is 12.3 Å². The molecule has 1 saturated heterocycles. The molecule has 10 heteroatoms. The number of aromatic nitrogens is 4. The largest absolute Gasteiger partial charge is 0.465 e. The number of sulfone groups is 1. The third kappa shape index (κ3) is 4.05. The molecule has 168 valence electrons. The monoisotopic (exact) mass is 464 g/mol. The summed E-state index contributed by atoms with van der Waals surface area (Å²) in [6.45, 7) is 1.90. The van der Waals surface area contributed by atoms with Crippen molar-refractivity contribution in [3.8, 4) is 23.0 Å². The van der Waals surface area contributed by atoms with Crippen LogP contribution in [0.3, 0.4) is 0 Å². The molecular formula is C23H20N4O5S. The molecule has 1 aliphatic heterocycles. The van der Waals surface area contributed by atoms with Crippen LogP contribution in [0.25, 0.3) is 22.6 Å². The molecule has 4 aromatic rings. The molecule has 0 bridgehead atoms. The fraction of sp³-hybridized carbons (Fsp3) is 0.217. The first-order valence-corrected chi connectivity index (χ1v) is 12.1. The van der Waals surface area contributed by atoms with Gasteiger partial charge in [-0.2, -0.15) is 0 Å². The van der Waals surface area contributed by atoms with Gasteiger partial charge in [-0.25, -0.2) is 18.4 Å². The average Bonchev–Trinajstić information content (AvgIpc) is 3.45. The molecule has 1 aromatic carbocycles. The fourth-order valence-corrected chi connectivity index (χ4v) is 4.49. The first-order chi connectivity index (χ1) is 15.9. The number of carbonyl (C=O) groups is 1. The highest BCUT2D eigenvalue weighted by Gasteiger charge is 2.31. The molecule has 9 nitrogen and oxygen atoms in total. The molecular weight excluding hydrogens is 444 g/mol. The number of hydrogen-bond donors (Lipinski definition) is 1. The predicted molar refractivity (Wildman–Crippen MR) is 120 cm³/mol. The third-order valence-electron chi connectivity index (χ3n) is 5.47. The van der Waals surface area contributed by atoms with E-state index in [0.717, 1.165) is 0 Å². The third-order valence-corrected chi connectivity index (χ3v) is 7.11. The molecule has 1 atom stereocenters. The molecule has 3 aromatic heterocycles. The molecule has 33 heavy (non-hydrogen) atoms. The second-order valence-electron chi connectivity index (χ2n) is 7.55. The maximum Gasteiger partial charge on any atom is 0.313 e. The second-order valence-corrected chi connectivity index (χ2v) is 9.78. The molecule has 1 aliphatic rings. The highest BCUT2D eigenvalue weighted by molar-refractivity contribution is 7.91. The number of pyridine rings is 2. The lowest BCUT2D eigenvalue weighted by Gasteiger charge is -2.14. The summed E-state index contributed by atoms with van der Waals surface area (Å²) >= 11 is 0. The summed E-state index contributed by atoms with van der Waals surface area (Å²) in [5.74, 6) is 0.549. The molecule has 0 spiro atoms. The van der Waals surface area contributed by atoms with Crippen LogP contribution in [0.2, 0.25) is 0 Å². The van der Waals surface area contributed by atoms with Crippen molar-refractivity contribution in [1.82, 2.24) is 19.9 Å². The Kier molecular flexibility index (Phi) is 5.29. The SMILES string of the molecule is CCS(=O)(=O)c1ccc(Oc2cc3[nH]c(-c4ccccn4)nc3cc2C2CCOC2=O)cn1. The Morgan fingerprint density at radius 1 is 1.18 bits per heavy atom. The van der Waals surface area contributed by atoms with Gasteiger partial charge < -0.3 is 14.5 Å². The standard InChI is InChI=1S/C23H20N4O5S/c1-2-33(29,30)21-7-6-14(13-25-21)32-20-12-19-18(11-16(20)15-8-10-31-23(15)28)26-22(27-19)17-5-3-4-9-24-17/h3-7,9,11-13,15H,2,8,10H2,1H3,(H,26,27). The van der Waals surface area contributed by atoms with Crippen LogP contribution in [-0.4, -0.2) is 46.7 Å². The number of carbonyl (C=O) groups excluding carboxylic acids is 1. The number of ether oxygens (including phenoxy) is 2. The fourth-order valence-electron chi connectivity index (χ4n) is 3.70. The first-order valence-electron chi connectivity index (χ1n) is 10.4. The minimum atomic E-state index is -3.42. The number of fused-ring (bicyclic) bond motifs is 1. The molecule has 0 aliphatic carbocycles. The van der Waals surface area contributed by atoms with E-state index >= 15 is 0 Å². The molecule has 0 amide bonds. The van der Waals surface area contributed by atoms with Crippen LogP contribution in [0.1, 0.15) is 24.8 Å². The molecule has 5 rings (SSSR count). The van der Waals surface area contributed by atoms with Gasteiger partial charge in [-0.1, -0.05) is 13.0 Å². The van der Waals surface area contributed by atoms with E-state index < -0.39 is 15.8 Å². The average molecular weight is 465 g/mol. The van der Waals surface area contributed by atoms with Crippen molar-refractivity contribution in [3.63, 3.8) is 0 Å². The van der Waals surface area contributed by atoms with Crippen molar-refractivity contribution >= 4 is 26.8 Å².